The van der Waals surface area contributed by atoms with Crippen LogP contribution in [0.2, 0.25) is 0 Å². The fraction of sp³-hybridized carbons (Fsp3) is 0.789. The Kier molecular flexibility index (Phi) is 8.25. The van der Waals surface area contributed by atoms with Crippen molar-refractivity contribution in [2.75, 3.05) is 33.2 Å². The Morgan fingerprint density at radius 1 is 1.24 bits per heavy atom. The Morgan fingerprint density at radius 2 is 2.00 bits per heavy atom. The second kappa shape index (κ2) is 10.4. The number of unbranched alkanes of at least 4 members (excludes halogenated alkanes) is 2. The number of guanidine groups is 1. The van der Waals surface area contributed by atoms with Gasteiger partial charge >= 0.3 is 0 Å². The highest BCUT2D eigenvalue weighted by atomic mass is 16.4. The van der Waals surface area contributed by atoms with Crippen LogP contribution < -0.4 is 10.6 Å². The van der Waals surface area contributed by atoms with Gasteiger partial charge in [0.1, 0.15) is 5.76 Å². The van der Waals surface area contributed by atoms with E-state index in [1.54, 1.807) is 0 Å². The number of nitrogens with zero attached hydrogens (tertiary/aromatic N) is 3. The lowest BCUT2D eigenvalue weighted by molar-refractivity contribution is 0.164. The van der Waals surface area contributed by atoms with Gasteiger partial charge in [-0.15, -0.1) is 0 Å². The highest BCUT2D eigenvalue weighted by Gasteiger charge is 2.21. The Balaban J connectivity index is 1.64. The van der Waals surface area contributed by atoms with Crippen molar-refractivity contribution in [1.29, 1.82) is 0 Å². The Hall–Kier alpha value is -1.56. The third-order valence-corrected chi connectivity index (χ3v) is 4.99. The molecule has 25 heavy (non-hydrogen) atoms. The summed E-state index contributed by atoms with van der Waals surface area (Å²) in [5, 5.41) is 6.88. The lowest BCUT2D eigenvalue weighted by atomic mass is 9.97. The lowest BCUT2D eigenvalue weighted by Gasteiger charge is -2.31. The van der Waals surface area contributed by atoms with Gasteiger partial charge < -0.3 is 15.1 Å². The zero-order valence-corrected chi connectivity index (χ0v) is 16.4. The number of rotatable bonds is 8. The molecule has 2 N–H and O–H groups in total. The van der Waals surface area contributed by atoms with Crippen LogP contribution in [0.4, 0.5) is 0 Å². The van der Waals surface area contributed by atoms with Crippen molar-refractivity contribution in [2.45, 2.75) is 59.4 Å². The molecule has 1 fully saturated rings. The summed E-state index contributed by atoms with van der Waals surface area (Å²) in [6, 6.07) is 0. The number of likely N-dealkylation sites (tertiary alicyclic amines) is 1. The molecule has 142 valence electrons. The van der Waals surface area contributed by atoms with Crippen LogP contribution in [0.5, 0.6) is 0 Å². The summed E-state index contributed by atoms with van der Waals surface area (Å²) in [6.07, 6.45) is 6.14. The maximum atomic E-state index is 5.70. The number of aromatic nitrogens is 1. The third-order valence-electron chi connectivity index (χ3n) is 4.99. The lowest BCUT2D eigenvalue weighted by Crippen LogP contribution is -2.43. The summed E-state index contributed by atoms with van der Waals surface area (Å²) in [6.45, 7) is 11.2. The first-order valence-electron chi connectivity index (χ1n) is 9.72. The summed E-state index contributed by atoms with van der Waals surface area (Å²) < 4.78 is 5.70. The monoisotopic (exact) mass is 349 g/mol. The molecule has 1 aliphatic rings. The highest BCUT2D eigenvalue weighted by Crippen LogP contribution is 2.19. The highest BCUT2D eigenvalue weighted by molar-refractivity contribution is 5.79. The summed E-state index contributed by atoms with van der Waals surface area (Å²) >= 11 is 0. The van der Waals surface area contributed by atoms with Crippen LogP contribution in [0.25, 0.3) is 0 Å². The predicted molar refractivity (Wildman–Crippen MR) is 103 cm³/mol. The number of aryl methyl sites for hydroxylation is 2. The van der Waals surface area contributed by atoms with Gasteiger partial charge in [0.2, 0.25) is 5.89 Å². The number of nitrogens with one attached hydrogen (secondary N) is 2. The van der Waals surface area contributed by atoms with Crippen LogP contribution in [0.1, 0.15) is 56.4 Å². The number of oxazole rings is 1. The van der Waals surface area contributed by atoms with Gasteiger partial charge in [0.25, 0.3) is 0 Å². The van der Waals surface area contributed by atoms with E-state index in [0.29, 0.717) is 5.92 Å². The van der Waals surface area contributed by atoms with Gasteiger partial charge in [-0.2, -0.15) is 0 Å². The van der Waals surface area contributed by atoms with Crippen molar-refractivity contribution in [3.8, 4) is 0 Å². The normalized spacial score (nSPS) is 17.0. The molecule has 2 heterocycles. The molecule has 1 saturated heterocycles. The van der Waals surface area contributed by atoms with Crippen molar-refractivity contribution in [2.24, 2.45) is 10.9 Å². The van der Waals surface area contributed by atoms with E-state index in [-0.39, 0.29) is 0 Å². The average molecular weight is 350 g/mol. The number of hydrogen-bond donors (Lipinski definition) is 2. The second-order valence-electron chi connectivity index (χ2n) is 7.06. The maximum absolute atomic E-state index is 5.70. The molecule has 1 aliphatic heterocycles. The molecule has 0 amide bonds. The summed E-state index contributed by atoms with van der Waals surface area (Å²) in [4.78, 5) is 11.2. The summed E-state index contributed by atoms with van der Waals surface area (Å²) in [5.41, 5.74) is 1.01. The number of aliphatic imine (C=N–C) groups is 1. The largest absolute Gasteiger partial charge is 0.444 e. The molecule has 0 saturated carbocycles. The van der Waals surface area contributed by atoms with Crippen LogP contribution in [-0.4, -0.2) is 49.1 Å². The number of hydrogen-bond acceptors (Lipinski definition) is 4. The van der Waals surface area contributed by atoms with Crippen molar-refractivity contribution >= 4 is 5.96 Å². The first-order valence-corrected chi connectivity index (χ1v) is 9.72. The SMILES string of the molecule is CCCCCNC(=NC)NCC1CCN(Cc2nc(C)c(C)o2)CC1. The van der Waals surface area contributed by atoms with Crippen molar-refractivity contribution in [1.82, 2.24) is 20.5 Å². The fourth-order valence-electron chi connectivity index (χ4n) is 3.19. The van der Waals surface area contributed by atoms with Crippen LogP contribution in [0.15, 0.2) is 9.41 Å². The van der Waals surface area contributed by atoms with Crippen molar-refractivity contribution in [3.05, 3.63) is 17.3 Å². The van der Waals surface area contributed by atoms with E-state index < -0.39 is 0 Å². The first kappa shape index (κ1) is 19.8. The van der Waals surface area contributed by atoms with E-state index >= 15 is 0 Å². The predicted octanol–water partition coefficient (Wildman–Crippen LogP) is 2.86. The van der Waals surface area contributed by atoms with Gasteiger partial charge in [-0.25, -0.2) is 4.98 Å². The van der Waals surface area contributed by atoms with E-state index in [1.807, 2.05) is 20.9 Å². The molecule has 0 aliphatic carbocycles. The van der Waals surface area contributed by atoms with Gasteiger partial charge in [0, 0.05) is 20.1 Å². The summed E-state index contributed by atoms with van der Waals surface area (Å²) in [5.74, 6) is 3.43. The first-order chi connectivity index (χ1) is 12.1. The topological polar surface area (TPSA) is 65.7 Å². The van der Waals surface area contributed by atoms with Crippen molar-refractivity contribution < 1.29 is 4.42 Å². The molecule has 1 aromatic rings. The molecular weight excluding hydrogens is 314 g/mol. The van der Waals surface area contributed by atoms with Gasteiger partial charge in [-0.1, -0.05) is 19.8 Å². The Labute approximate surface area is 152 Å². The summed E-state index contributed by atoms with van der Waals surface area (Å²) in [7, 11) is 1.85. The van der Waals surface area contributed by atoms with E-state index in [1.165, 1.54) is 32.1 Å². The number of piperidine rings is 1. The van der Waals surface area contributed by atoms with E-state index in [0.717, 1.165) is 56.0 Å². The fourth-order valence-corrected chi connectivity index (χ4v) is 3.19. The minimum atomic E-state index is 0.707. The molecule has 6 nitrogen and oxygen atoms in total. The molecule has 0 radical (unpaired) electrons. The van der Waals surface area contributed by atoms with Gasteiger partial charge in [0.05, 0.1) is 12.2 Å². The Bertz CT molecular complexity index is 512. The van der Waals surface area contributed by atoms with Crippen molar-refractivity contribution in [3.63, 3.8) is 0 Å². The van der Waals surface area contributed by atoms with Gasteiger partial charge in [0.15, 0.2) is 5.96 Å². The van der Waals surface area contributed by atoms with Crippen LogP contribution >= 0.6 is 0 Å². The molecule has 1 aromatic heterocycles. The molecule has 0 spiro atoms. The van der Waals surface area contributed by atoms with E-state index in [4.69, 9.17) is 4.42 Å². The quantitative estimate of drug-likeness (QED) is 0.429. The molecule has 0 unspecified atom stereocenters. The Morgan fingerprint density at radius 3 is 2.60 bits per heavy atom. The smallest absolute Gasteiger partial charge is 0.208 e. The molecular formula is C19H35N5O. The molecule has 0 aromatic carbocycles. The molecule has 2 rings (SSSR count). The van der Waals surface area contributed by atoms with Crippen LogP contribution in [0, 0.1) is 19.8 Å². The van der Waals surface area contributed by atoms with E-state index in [9.17, 15) is 0 Å². The van der Waals surface area contributed by atoms with Crippen LogP contribution in [0.3, 0.4) is 0 Å². The van der Waals surface area contributed by atoms with Gasteiger partial charge in [-0.05, 0) is 52.1 Å². The molecule has 0 bridgehead atoms. The van der Waals surface area contributed by atoms with Gasteiger partial charge in [-0.3, -0.25) is 9.89 Å². The third kappa shape index (κ3) is 6.69. The van der Waals surface area contributed by atoms with Crippen LogP contribution in [-0.2, 0) is 6.54 Å². The minimum Gasteiger partial charge on any atom is -0.444 e. The zero-order valence-electron chi connectivity index (χ0n) is 16.4. The average Bonchev–Trinajstić information content (AvgIpc) is 2.93. The maximum Gasteiger partial charge on any atom is 0.208 e. The molecule has 6 heteroatoms. The zero-order chi connectivity index (χ0) is 18.1. The standard InChI is InChI=1S/C19H35N5O/c1-5-6-7-10-21-19(20-4)22-13-17-8-11-24(12-9-17)14-18-23-15(2)16(3)25-18/h17H,5-14H2,1-4H3,(H2,20,21,22). The molecule has 0 atom stereocenters. The minimum absolute atomic E-state index is 0.707. The van der Waals surface area contributed by atoms with E-state index in [2.05, 4.69) is 32.4 Å². The second-order valence-corrected chi connectivity index (χ2v) is 7.06.